The molecule has 1 N–H and O–H groups in total. The molecule has 3 aromatic rings. The van der Waals surface area contributed by atoms with Crippen molar-refractivity contribution in [2.24, 2.45) is 0 Å². The molecule has 33 heavy (non-hydrogen) atoms. The van der Waals surface area contributed by atoms with Gasteiger partial charge >= 0.3 is 0 Å². The topological polar surface area (TPSA) is 87.5 Å². The smallest absolute Gasteiger partial charge is 0.230 e. The number of methoxy groups -OCH3 is 1. The third-order valence-corrected chi connectivity index (χ3v) is 5.63. The van der Waals surface area contributed by atoms with Crippen molar-refractivity contribution in [3.05, 3.63) is 59.4 Å². The zero-order chi connectivity index (χ0) is 23.6. The third kappa shape index (κ3) is 7.38. The Hall–Kier alpha value is -2.75. The average Bonchev–Trinajstić information content (AvgIpc) is 3.21. The van der Waals surface area contributed by atoms with E-state index in [1.54, 1.807) is 19.2 Å². The van der Waals surface area contributed by atoms with Crippen LogP contribution in [0.2, 0.25) is 5.02 Å². The lowest BCUT2D eigenvalue weighted by atomic mass is 10.3. The number of carbonyl (C=O) groups excluding carboxylic acids is 1. The van der Waals surface area contributed by atoms with Crippen LogP contribution in [0, 0.1) is 0 Å². The van der Waals surface area contributed by atoms with Crippen molar-refractivity contribution in [2.75, 3.05) is 26.1 Å². The zero-order valence-corrected chi connectivity index (χ0v) is 20.4. The van der Waals surface area contributed by atoms with Gasteiger partial charge in [-0.25, -0.2) is 0 Å². The first-order chi connectivity index (χ1) is 16.0. The number of hydrogen-bond donors (Lipinski definition) is 1. The van der Waals surface area contributed by atoms with Crippen molar-refractivity contribution < 1.29 is 19.0 Å². The van der Waals surface area contributed by atoms with Gasteiger partial charge in [0, 0.05) is 23.9 Å². The average molecular weight is 491 g/mol. The fourth-order valence-electron chi connectivity index (χ4n) is 3.02. The molecule has 8 nitrogen and oxygen atoms in total. The molecular weight excluding hydrogens is 464 g/mol. The number of amides is 1. The molecule has 0 saturated carbocycles. The summed E-state index contributed by atoms with van der Waals surface area (Å²) in [7, 11) is 1.60. The van der Waals surface area contributed by atoms with E-state index in [9.17, 15) is 4.79 Å². The van der Waals surface area contributed by atoms with Gasteiger partial charge in [0.25, 0.3) is 0 Å². The minimum atomic E-state index is -0.109. The highest BCUT2D eigenvalue weighted by molar-refractivity contribution is 7.99. The van der Waals surface area contributed by atoms with Gasteiger partial charge in [0.05, 0.1) is 19.0 Å². The number of nitrogens with one attached hydrogen (secondary N) is 1. The molecule has 0 aliphatic rings. The summed E-state index contributed by atoms with van der Waals surface area (Å²) >= 11 is 7.36. The highest BCUT2D eigenvalue weighted by Crippen LogP contribution is 2.25. The molecular formula is C23H27ClN4O4S. The predicted octanol–water partition coefficient (Wildman–Crippen LogP) is 4.14. The summed E-state index contributed by atoms with van der Waals surface area (Å²) in [5, 5.41) is 12.7. The number of ether oxygens (including phenoxy) is 3. The van der Waals surface area contributed by atoms with Gasteiger partial charge in [-0.05, 0) is 62.4 Å². The zero-order valence-electron chi connectivity index (χ0n) is 18.8. The summed E-state index contributed by atoms with van der Waals surface area (Å²) in [6.45, 7) is 5.08. The van der Waals surface area contributed by atoms with Gasteiger partial charge in [-0.1, -0.05) is 23.4 Å². The number of rotatable bonds is 12. The molecule has 0 saturated heterocycles. The van der Waals surface area contributed by atoms with E-state index in [1.807, 2.05) is 54.8 Å². The largest absolute Gasteiger partial charge is 0.494 e. The summed E-state index contributed by atoms with van der Waals surface area (Å²) in [5.74, 6) is 2.15. The van der Waals surface area contributed by atoms with Crippen molar-refractivity contribution in [2.45, 2.75) is 31.7 Å². The van der Waals surface area contributed by atoms with E-state index in [4.69, 9.17) is 25.8 Å². The van der Waals surface area contributed by atoms with Gasteiger partial charge in [-0.15, -0.1) is 10.2 Å². The Bertz CT molecular complexity index is 1030. The first-order valence-electron chi connectivity index (χ1n) is 10.5. The minimum Gasteiger partial charge on any atom is -0.494 e. The molecule has 176 valence electrons. The number of thioether (sulfide) groups is 1. The molecule has 1 amide bonds. The van der Waals surface area contributed by atoms with Crippen LogP contribution in [0.15, 0.2) is 53.7 Å². The fourth-order valence-corrected chi connectivity index (χ4v) is 3.93. The van der Waals surface area contributed by atoms with Gasteiger partial charge < -0.3 is 19.5 Å². The molecule has 1 atom stereocenters. The van der Waals surface area contributed by atoms with Crippen LogP contribution in [0.25, 0.3) is 5.69 Å². The molecule has 0 aliphatic heterocycles. The van der Waals surface area contributed by atoms with Gasteiger partial charge in [0.1, 0.15) is 18.1 Å². The SMILES string of the molecule is CCOc1ccc(OCc2nnc(SCC(=O)NC(C)COC)n2-c2ccc(Cl)cc2)cc1. The standard InChI is InChI=1S/C23H27ClN4O4S/c1-4-31-19-9-11-20(12-10-19)32-14-21-26-27-23(28(21)18-7-5-17(24)6-8-18)33-15-22(29)25-16(2)13-30-3/h5-12,16H,4,13-15H2,1-3H3,(H,25,29). The van der Waals surface area contributed by atoms with Crippen molar-refractivity contribution >= 4 is 29.3 Å². The van der Waals surface area contributed by atoms with Crippen LogP contribution in [0.4, 0.5) is 0 Å². The lowest BCUT2D eigenvalue weighted by Crippen LogP contribution is -2.36. The van der Waals surface area contributed by atoms with Crippen LogP contribution in [0.5, 0.6) is 11.5 Å². The Kier molecular flexibility index (Phi) is 9.41. The highest BCUT2D eigenvalue weighted by Gasteiger charge is 2.17. The van der Waals surface area contributed by atoms with Crippen molar-refractivity contribution in [3.63, 3.8) is 0 Å². The molecule has 10 heteroatoms. The predicted molar refractivity (Wildman–Crippen MR) is 129 cm³/mol. The summed E-state index contributed by atoms with van der Waals surface area (Å²) in [6.07, 6.45) is 0. The summed E-state index contributed by atoms with van der Waals surface area (Å²) in [6, 6.07) is 14.7. The van der Waals surface area contributed by atoms with Crippen LogP contribution in [-0.4, -0.2) is 52.8 Å². The van der Waals surface area contributed by atoms with Gasteiger partial charge in [-0.2, -0.15) is 0 Å². The van der Waals surface area contributed by atoms with Crippen LogP contribution < -0.4 is 14.8 Å². The maximum atomic E-state index is 12.3. The lowest BCUT2D eigenvalue weighted by molar-refractivity contribution is -0.119. The Morgan fingerprint density at radius 2 is 1.76 bits per heavy atom. The van der Waals surface area contributed by atoms with E-state index in [2.05, 4.69) is 15.5 Å². The van der Waals surface area contributed by atoms with Gasteiger partial charge in [0.15, 0.2) is 11.0 Å². The van der Waals surface area contributed by atoms with E-state index >= 15 is 0 Å². The second kappa shape index (κ2) is 12.5. The first-order valence-corrected chi connectivity index (χ1v) is 11.8. The number of carbonyl (C=O) groups is 1. The molecule has 0 fully saturated rings. The number of hydrogen-bond acceptors (Lipinski definition) is 7. The normalized spacial score (nSPS) is 11.8. The lowest BCUT2D eigenvalue weighted by Gasteiger charge is -2.13. The monoisotopic (exact) mass is 490 g/mol. The van der Waals surface area contributed by atoms with E-state index in [0.717, 1.165) is 11.4 Å². The van der Waals surface area contributed by atoms with Gasteiger partial charge in [-0.3, -0.25) is 9.36 Å². The molecule has 0 spiro atoms. The molecule has 1 aromatic heterocycles. The minimum absolute atomic E-state index is 0.0738. The highest BCUT2D eigenvalue weighted by atomic mass is 35.5. The van der Waals surface area contributed by atoms with Crippen molar-refractivity contribution in [1.29, 1.82) is 0 Å². The summed E-state index contributed by atoms with van der Waals surface area (Å²) in [4.78, 5) is 12.3. The van der Waals surface area contributed by atoms with E-state index in [1.165, 1.54) is 11.8 Å². The first kappa shape index (κ1) is 24.9. The van der Waals surface area contributed by atoms with Gasteiger partial charge in [0.2, 0.25) is 5.91 Å². The van der Waals surface area contributed by atoms with Crippen LogP contribution in [0.1, 0.15) is 19.7 Å². The third-order valence-electron chi connectivity index (χ3n) is 4.44. The van der Waals surface area contributed by atoms with Crippen LogP contribution in [-0.2, 0) is 16.1 Å². The Balaban J connectivity index is 1.74. The molecule has 3 rings (SSSR count). The summed E-state index contributed by atoms with van der Waals surface area (Å²) in [5.41, 5.74) is 0.824. The number of nitrogens with zero attached hydrogens (tertiary/aromatic N) is 3. The van der Waals surface area contributed by atoms with Crippen molar-refractivity contribution in [3.8, 4) is 17.2 Å². The molecule has 0 aliphatic carbocycles. The Morgan fingerprint density at radius 3 is 2.39 bits per heavy atom. The van der Waals surface area contributed by atoms with E-state index < -0.39 is 0 Å². The number of aromatic nitrogens is 3. The summed E-state index contributed by atoms with van der Waals surface area (Å²) < 4.78 is 18.3. The van der Waals surface area contributed by atoms with E-state index in [0.29, 0.717) is 35.0 Å². The second-order valence-corrected chi connectivity index (χ2v) is 8.50. The number of benzene rings is 2. The second-order valence-electron chi connectivity index (χ2n) is 7.12. The number of halogens is 1. The molecule has 1 heterocycles. The van der Waals surface area contributed by atoms with Crippen LogP contribution in [0.3, 0.4) is 0 Å². The van der Waals surface area contributed by atoms with Crippen LogP contribution >= 0.6 is 23.4 Å². The quantitative estimate of drug-likeness (QED) is 0.382. The molecule has 0 radical (unpaired) electrons. The van der Waals surface area contributed by atoms with Crippen molar-refractivity contribution in [1.82, 2.24) is 20.1 Å². The molecule has 1 unspecified atom stereocenters. The Labute approximate surface area is 202 Å². The fraction of sp³-hybridized carbons (Fsp3) is 0.348. The maximum absolute atomic E-state index is 12.3. The van der Waals surface area contributed by atoms with E-state index in [-0.39, 0.29) is 24.3 Å². The molecule has 2 aromatic carbocycles. The molecule has 0 bridgehead atoms. The maximum Gasteiger partial charge on any atom is 0.230 e. The Morgan fingerprint density at radius 1 is 1.09 bits per heavy atom.